The van der Waals surface area contributed by atoms with Crippen LogP contribution in [-0.2, 0) is 19.3 Å². The summed E-state index contributed by atoms with van der Waals surface area (Å²) in [4.78, 5) is 7.45. The van der Waals surface area contributed by atoms with Crippen LogP contribution < -0.4 is 5.32 Å². The van der Waals surface area contributed by atoms with Gasteiger partial charge in [-0.25, -0.2) is 4.98 Å². The van der Waals surface area contributed by atoms with E-state index in [0.717, 1.165) is 41.9 Å². The molecule has 0 atom stereocenters. The fourth-order valence-electron chi connectivity index (χ4n) is 3.91. The zero-order valence-corrected chi connectivity index (χ0v) is 18.2. The molecule has 0 bridgehead atoms. The fourth-order valence-corrected chi connectivity index (χ4v) is 3.91. The van der Waals surface area contributed by atoms with E-state index in [1.54, 1.807) is 0 Å². The summed E-state index contributed by atoms with van der Waals surface area (Å²) >= 11 is 0. The Morgan fingerprint density at radius 2 is 1.26 bits per heavy atom. The third-order valence-corrected chi connectivity index (χ3v) is 5.76. The van der Waals surface area contributed by atoms with Gasteiger partial charge in [0.15, 0.2) is 0 Å². The Morgan fingerprint density at radius 1 is 0.676 bits per heavy atom. The lowest BCUT2D eigenvalue weighted by Gasteiger charge is -2.07. The van der Waals surface area contributed by atoms with Crippen molar-refractivity contribution in [2.75, 3.05) is 0 Å². The molecule has 0 fully saturated rings. The molecule has 5 aromatic rings. The number of fused-ring (bicyclic) bond motifs is 1. The monoisotopic (exact) mass is 457 g/mol. The topological polar surface area (TPSA) is 40.7 Å². The quantitative estimate of drug-likeness (QED) is 0.283. The van der Waals surface area contributed by atoms with Crippen molar-refractivity contribution in [2.45, 2.75) is 19.3 Å². The molecular weight excluding hydrogens is 435 g/mol. The second-order valence-electron chi connectivity index (χ2n) is 8.18. The van der Waals surface area contributed by atoms with E-state index in [1.807, 2.05) is 42.5 Å². The Balaban J connectivity index is 1.26. The molecule has 3 nitrogen and oxygen atoms in total. The van der Waals surface area contributed by atoms with Crippen LogP contribution in [0.15, 0.2) is 97.1 Å². The van der Waals surface area contributed by atoms with Gasteiger partial charge < -0.3 is 10.3 Å². The maximum Gasteiger partial charge on any atom is 0.416 e. The lowest BCUT2D eigenvalue weighted by molar-refractivity contribution is -0.137. The van der Waals surface area contributed by atoms with Crippen molar-refractivity contribution in [2.24, 2.45) is 0 Å². The highest BCUT2D eigenvalue weighted by atomic mass is 19.4. The second kappa shape index (κ2) is 9.15. The van der Waals surface area contributed by atoms with Gasteiger partial charge in [0.05, 0.1) is 16.6 Å². The molecule has 34 heavy (non-hydrogen) atoms. The number of hydrogen-bond acceptors (Lipinski definition) is 2. The lowest BCUT2D eigenvalue weighted by Crippen LogP contribution is -2.12. The summed E-state index contributed by atoms with van der Waals surface area (Å²) in [5, 5.41) is 3.45. The predicted octanol–water partition coefficient (Wildman–Crippen LogP) is 7.21. The van der Waals surface area contributed by atoms with Gasteiger partial charge in [-0.05, 0) is 40.5 Å². The van der Waals surface area contributed by atoms with Gasteiger partial charge in [0.25, 0.3) is 0 Å². The minimum atomic E-state index is -4.38. The van der Waals surface area contributed by atoms with E-state index in [4.69, 9.17) is 0 Å². The molecule has 0 saturated carbocycles. The molecule has 0 aliphatic rings. The molecule has 0 aliphatic heterocycles. The van der Waals surface area contributed by atoms with Crippen LogP contribution >= 0.6 is 0 Å². The van der Waals surface area contributed by atoms with Crippen molar-refractivity contribution < 1.29 is 13.2 Å². The summed E-state index contributed by atoms with van der Waals surface area (Å²) in [6.07, 6.45) is -4.38. The minimum Gasteiger partial charge on any atom is -0.338 e. The number of H-pyrrole nitrogens is 1. The molecule has 2 N–H and O–H groups in total. The van der Waals surface area contributed by atoms with Crippen molar-refractivity contribution >= 4 is 11.0 Å². The van der Waals surface area contributed by atoms with E-state index in [-0.39, 0.29) is 0 Å². The normalized spacial score (nSPS) is 11.7. The van der Waals surface area contributed by atoms with Crippen LogP contribution in [0.4, 0.5) is 13.2 Å². The van der Waals surface area contributed by atoms with Gasteiger partial charge in [-0.15, -0.1) is 0 Å². The summed E-state index contributed by atoms with van der Waals surface area (Å²) in [6, 6.07) is 30.1. The average Bonchev–Trinajstić information content (AvgIpc) is 3.28. The standard InChI is InChI=1S/C28H22F3N3/c29-28(30,31)24-14-15-25-26(16-24)34-27(33-25)23-12-10-22(11-13-23)21-8-6-20(7-9-21)18-32-17-19-4-2-1-3-5-19/h1-16,32H,17-18H2,(H,33,34). The number of imidazole rings is 1. The second-order valence-corrected chi connectivity index (χ2v) is 8.18. The van der Waals surface area contributed by atoms with Crippen LogP contribution in [0.1, 0.15) is 16.7 Å². The molecule has 0 spiro atoms. The third kappa shape index (κ3) is 4.87. The molecule has 0 amide bonds. The van der Waals surface area contributed by atoms with Gasteiger partial charge in [0, 0.05) is 18.7 Å². The average molecular weight is 457 g/mol. The maximum absolute atomic E-state index is 13.0. The molecule has 0 saturated heterocycles. The van der Waals surface area contributed by atoms with E-state index >= 15 is 0 Å². The number of rotatable bonds is 6. The van der Waals surface area contributed by atoms with Crippen molar-refractivity contribution in [3.05, 3.63) is 114 Å². The Labute approximate surface area is 195 Å². The largest absolute Gasteiger partial charge is 0.416 e. The molecule has 0 radical (unpaired) electrons. The summed E-state index contributed by atoms with van der Waals surface area (Å²) in [5.41, 5.74) is 5.61. The number of nitrogens with zero attached hydrogens (tertiary/aromatic N) is 1. The maximum atomic E-state index is 13.0. The number of hydrogen-bond donors (Lipinski definition) is 2. The Bertz CT molecular complexity index is 1390. The molecular formula is C28H22F3N3. The lowest BCUT2D eigenvalue weighted by atomic mass is 10.0. The molecule has 5 rings (SSSR count). The summed E-state index contributed by atoms with van der Waals surface area (Å²) < 4.78 is 38.9. The van der Waals surface area contributed by atoms with Crippen LogP contribution in [-0.4, -0.2) is 9.97 Å². The highest BCUT2D eigenvalue weighted by Crippen LogP contribution is 2.32. The highest BCUT2D eigenvalue weighted by molar-refractivity contribution is 5.80. The number of aromatic nitrogens is 2. The number of aromatic amines is 1. The van der Waals surface area contributed by atoms with Crippen molar-refractivity contribution in [1.82, 2.24) is 15.3 Å². The van der Waals surface area contributed by atoms with Gasteiger partial charge in [-0.1, -0.05) is 78.9 Å². The summed E-state index contributed by atoms with van der Waals surface area (Å²) in [7, 11) is 0. The van der Waals surface area contributed by atoms with E-state index in [2.05, 4.69) is 51.7 Å². The van der Waals surface area contributed by atoms with Gasteiger partial charge in [0.1, 0.15) is 5.82 Å². The summed E-state index contributed by atoms with van der Waals surface area (Å²) in [5.74, 6) is 0.542. The third-order valence-electron chi connectivity index (χ3n) is 5.76. The van der Waals surface area contributed by atoms with Gasteiger partial charge in [-0.3, -0.25) is 0 Å². The van der Waals surface area contributed by atoms with Gasteiger partial charge >= 0.3 is 6.18 Å². The molecule has 6 heteroatoms. The van der Waals surface area contributed by atoms with Crippen LogP contribution in [0.2, 0.25) is 0 Å². The molecule has 1 aromatic heterocycles. The fraction of sp³-hybridized carbons (Fsp3) is 0.107. The van der Waals surface area contributed by atoms with Crippen molar-refractivity contribution in [3.8, 4) is 22.5 Å². The first kappa shape index (κ1) is 21.9. The first-order chi connectivity index (χ1) is 16.5. The zero-order chi connectivity index (χ0) is 23.5. The zero-order valence-electron chi connectivity index (χ0n) is 18.2. The first-order valence-corrected chi connectivity index (χ1v) is 11.0. The molecule has 1 heterocycles. The van der Waals surface area contributed by atoms with Crippen molar-refractivity contribution in [3.63, 3.8) is 0 Å². The Morgan fingerprint density at radius 3 is 1.91 bits per heavy atom. The molecule has 0 unspecified atom stereocenters. The van der Waals surface area contributed by atoms with E-state index in [0.29, 0.717) is 16.9 Å². The van der Waals surface area contributed by atoms with Gasteiger partial charge in [0.2, 0.25) is 0 Å². The smallest absolute Gasteiger partial charge is 0.338 e. The number of benzene rings is 4. The summed E-state index contributed by atoms with van der Waals surface area (Å²) in [6.45, 7) is 1.61. The molecule has 170 valence electrons. The Hall–Kier alpha value is -3.90. The predicted molar refractivity (Wildman–Crippen MR) is 129 cm³/mol. The number of alkyl halides is 3. The molecule has 4 aromatic carbocycles. The van der Waals surface area contributed by atoms with E-state index in [1.165, 1.54) is 17.2 Å². The van der Waals surface area contributed by atoms with E-state index < -0.39 is 11.7 Å². The van der Waals surface area contributed by atoms with E-state index in [9.17, 15) is 13.2 Å². The number of halogens is 3. The van der Waals surface area contributed by atoms with Crippen LogP contribution in [0.5, 0.6) is 0 Å². The molecule has 0 aliphatic carbocycles. The SMILES string of the molecule is FC(F)(F)c1ccc2nc(-c3ccc(-c4ccc(CNCc5ccccc5)cc4)cc3)[nH]c2c1. The minimum absolute atomic E-state index is 0.366. The van der Waals surface area contributed by atoms with Crippen LogP contribution in [0, 0.1) is 0 Å². The van der Waals surface area contributed by atoms with Crippen LogP contribution in [0.25, 0.3) is 33.5 Å². The Kier molecular flexibility index (Phi) is 5.90. The van der Waals surface area contributed by atoms with Gasteiger partial charge in [-0.2, -0.15) is 13.2 Å². The van der Waals surface area contributed by atoms with Crippen LogP contribution in [0.3, 0.4) is 0 Å². The first-order valence-electron chi connectivity index (χ1n) is 11.0. The number of nitrogens with one attached hydrogen (secondary N) is 2. The van der Waals surface area contributed by atoms with Crippen molar-refractivity contribution in [1.29, 1.82) is 0 Å². The highest BCUT2D eigenvalue weighted by Gasteiger charge is 2.30.